The van der Waals surface area contributed by atoms with Crippen LogP contribution in [0.2, 0.25) is 0 Å². The van der Waals surface area contributed by atoms with E-state index in [1.165, 1.54) is 0 Å². The molecule has 8 amide bonds. The summed E-state index contributed by atoms with van der Waals surface area (Å²) in [5.41, 5.74) is 7.19. The number of aliphatic carboxylic acids is 8. The van der Waals surface area contributed by atoms with Gasteiger partial charge in [0, 0.05) is 50.6 Å². The molecule has 0 aliphatic heterocycles. The number of hydrogen-bond acceptors (Lipinski definition) is 20. The second kappa shape index (κ2) is 37.9. The van der Waals surface area contributed by atoms with Crippen LogP contribution in [0, 0.1) is 0 Å². The fraction of sp³-hybridized carbons (Fsp3) is 0.500. The number of benzene rings is 1. The van der Waals surface area contributed by atoms with Crippen molar-refractivity contribution < 1.29 is 132 Å². The van der Waals surface area contributed by atoms with E-state index < -0.39 is 220 Å². The third-order valence-electron chi connectivity index (χ3n) is 12.4. The zero-order valence-corrected chi connectivity index (χ0v) is 46.8. The topological polar surface area (TPSA) is 600 Å². The molecule has 1 heterocycles. The van der Waals surface area contributed by atoms with Crippen molar-refractivity contribution in [2.75, 3.05) is 6.54 Å². The molecule has 1 aromatic heterocycles. The van der Waals surface area contributed by atoms with Crippen LogP contribution in [0.4, 0.5) is 0 Å². The zero-order chi connectivity index (χ0) is 66.2. The molecule has 1 aromatic carbocycles. The minimum Gasteiger partial charge on any atom is -0.489 e. The van der Waals surface area contributed by atoms with Crippen LogP contribution in [0.5, 0.6) is 5.75 Å². The summed E-state index contributed by atoms with van der Waals surface area (Å²) >= 11 is 0. The number of hydrogen-bond donors (Lipinski definition) is 18. The standard InChI is InChI=1S/C52H69N9O27/c53-22-28-19-26(24-88-28)23-87-27-3-1-25(2-4-27)17-18-54-37(63)11-5-29(46(73)74)55-38(64)12-6-30(47(75)76)56-39(65)14-8-32(49(79)80)59-42(68)20-35(52(85)86)60-43(69)21-36(62)45(72)61-34(51(83)84)9-15-41(67)57-31(48(77)78)7-13-40(66)58-33(50(81)82)10-16-44(70)71/h1-4,19,24,29-36,62H,5-18,20-23,53H2,(H,54,63)(H,55,64)(H,56,65)(H,57,67)(H,58,66)(H,59,68)(H,60,69)(H,61,72)(H,70,71)(H,73,74)(H,75,76)(H,77,78)(H,79,80)(H,81,82)(H,83,84)(H,85,86)/t29-,30-,31-,32-,33-,34-,35?,36?/m0/s1. The van der Waals surface area contributed by atoms with Crippen molar-refractivity contribution in [3.63, 3.8) is 0 Å². The fourth-order valence-corrected chi connectivity index (χ4v) is 7.65. The Morgan fingerprint density at radius 1 is 0.432 bits per heavy atom. The highest BCUT2D eigenvalue weighted by molar-refractivity contribution is 5.94. The molecule has 0 radical (unpaired) electrons. The van der Waals surface area contributed by atoms with Gasteiger partial charge in [-0.3, -0.25) is 43.2 Å². The van der Waals surface area contributed by atoms with E-state index in [2.05, 4.69) is 16.0 Å². The molecule has 0 fully saturated rings. The van der Waals surface area contributed by atoms with Crippen molar-refractivity contribution in [1.82, 2.24) is 42.5 Å². The SMILES string of the molecule is NCc1cc(COc2ccc(CCNC(=O)CC[C@H](NC(=O)CC[C@H](NC(=O)CC[C@H](NC(=O)CC(NC(=O)CC(O)C(=O)N[C@@H](CCC(=O)N[C@@H](CCC(=O)N[C@@H](CCC(=O)O)C(=O)O)C(=O)O)C(=O)O)C(=O)O)C(=O)O)C(=O)O)C(=O)O)cc2)co1. The van der Waals surface area contributed by atoms with Crippen molar-refractivity contribution in [2.45, 2.75) is 158 Å². The van der Waals surface area contributed by atoms with Gasteiger partial charge in [0.15, 0.2) is 0 Å². The molecule has 88 heavy (non-hydrogen) atoms. The highest BCUT2D eigenvalue weighted by Gasteiger charge is 2.32. The van der Waals surface area contributed by atoms with Crippen molar-refractivity contribution in [1.29, 1.82) is 0 Å². The summed E-state index contributed by atoms with van der Waals surface area (Å²) < 4.78 is 11.0. The number of furan rings is 1. The number of carbonyl (C=O) groups excluding carboxylic acids is 8. The summed E-state index contributed by atoms with van der Waals surface area (Å²) in [6.07, 6.45) is -10.4. The number of carbonyl (C=O) groups is 16. The van der Waals surface area contributed by atoms with Gasteiger partial charge in [-0.1, -0.05) is 12.1 Å². The molecule has 0 aliphatic carbocycles. The minimum atomic E-state index is -2.41. The summed E-state index contributed by atoms with van der Waals surface area (Å²) in [5.74, 6) is -21.1. The summed E-state index contributed by atoms with van der Waals surface area (Å²) in [6.45, 7) is 0.700. The number of amides is 8. The van der Waals surface area contributed by atoms with Gasteiger partial charge in [-0.25, -0.2) is 33.6 Å². The average molecular weight is 1250 g/mol. The highest BCUT2D eigenvalue weighted by Crippen LogP contribution is 2.17. The second-order valence-corrected chi connectivity index (χ2v) is 19.4. The maximum Gasteiger partial charge on any atom is 0.326 e. The Bertz CT molecular complexity index is 2840. The molecular formula is C52H69N9O27. The van der Waals surface area contributed by atoms with Crippen LogP contribution in [0.1, 0.15) is 107 Å². The quantitative estimate of drug-likeness (QED) is 0.0300. The molecule has 19 N–H and O–H groups in total. The van der Waals surface area contributed by atoms with Gasteiger partial charge in [-0.05, 0) is 68.7 Å². The molecular weight excluding hydrogens is 1180 g/mol. The van der Waals surface area contributed by atoms with Gasteiger partial charge in [0.2, 0.25) is 47.3 Å². The molecule has 36 heteroatoms. The van der Waals surface area contributed by atoms with E-state index in [4.69, 9.17) is 20.0 Å². The van der Waals surface area contributed by atoms with E-state index >= 15 is 0 Å². The van der Waals surface area contributed by atoms with Gasteiger partial charge < -0.3 is 103 Å². The number of ether oxygens (including phenoxy) is 1. The predicted molar refractivity (Wildman–Crippen MR) is 289 cm³/mol. The Morgan fingerprint density at radius 3 is 1.16 bits per heavy atom. The van der Waals surface area contributed by atoms with E-state index in [9.17, 15) is 118 Å². The molecule has 2 rings (SSSR count). The molecule has 0 aliphatic rings. The molecule has 0 bridgehead atoms. The van der Waals surface area contributed by atoms with Crippen LogP contribution < -0.4 is 53.0 Å². The molecule has 0 saturated heterocycles. The molecule has 0 saturated carbocycles. The van der Waals surface area contributed by atoms with Crippen molar-refractivity contribution in [2.24, 2.45) is 5.73 Å². The second-order valence-electron chi connectivity index (χ2n) is 19.4. The Hall–Kier alpha value is -10.3. The van der Waals surface area contributed by atoms with Crippen LogP contribution >= 0.6 is 0 Å². The Kier molecular flexibility index (Phi) is 31.8. The molecule has 2 aromatic rings. The first-order valence-electron chi connectivity index (χ1n) is 26.7. The highest BCUT2D eigenvalue weighted by atomic mass is 16.5. The average Bonchev–Trinajstić information content (AvgIpc) is 3.97. The number of nitrogens with one attached hydrogen (secondary N) is 8. The van der Waals surface area contributed by atoms with Gasteiger partial charge in [-0.15, -0.1) is 0 Å². The third-order valence-corrected chi connectivity index (χ3v) is 12.4. The van der Waals surface area contributed by atoms with E-state index in [1.54, 1.807) is 41.9 Å². The molecule has 8 atom stereocenters. The maximum absolute atomic E-state index is 12.8. The van der Waals surface area contributed by atoms with Crippen molar-refractivity contribution in [3.8, 4) is 5.75 Å². The molecule has 36 nitrogen and oxygen atoms in total. The first-order valence-corrected chi connectivity index (χ1v) is 26.7. The molecule has 2 unspecified atom stereocenters. The van der Waals surface area contributed by atoms with Gasteiger partial charge in [0.1, 0.15) is 66.5 Å². The smallest absolute Gasteiger partial charge is 0.326 e. The number of rotatable bonds is 44. The fourth-order valence-electron chi connectivity index (χ4n) is 7.65. The predicted octanol–water partition coefficient (Wildman–Crippen LogP) is -4.13. The summed E-state index contributed by atoms with van der Waals surface area (Å²) in [4.78, 5) is 194. The number of carboxylic acids is 8. The maximum atomic E-state index is 12.8. The normalized spacial score (nSPS) is 13.5. The third kappa shape index (κ3) is 29.5. The first-order chi connectivity index (χ1) is 41.4. The lowest BCUT2D eigenvalue weighted by Crippen LogP contribution is -2.50. The Morgan fingerprint density at radius 2 is 0.784 bits per heavy atom. The Balaban J connectivity index is 1.82. The summed E-state index contributed by atoms with van der Waals surface area (Å²) in [7, 11) is 0. The van der Waals surface area contributed by atoms with Crippen molar-refractivity contribution in [3.05, 3.63) is 53.5 Å². The first kappa shape index (κ1) is 73.8. The lowest BCUT2D eigenvalue weighted by Gasteiger charge is -2.20. The number of nitrogens with two attached hydrogens (primary N) is 1. The van der Waals surface area contributed by atoms with E-state index in [0.29, 0.717) is 17.9 Å². The minimum absolute atomic E-state index is 0.190. The van der Waals surface area contributed by atoms with Crippen LogP contribution in [0.15, 0.2) is 41.0 Å². The lowest BCUT2D eigenvalue weighted by atomic mass is 10.1. The van der Waals surface area contributed by atoms with Crippen molar-refractivity contribution >= 4 is 95.0 Å². The number of aliphatic hydroxyl groups is 1. The summed E-state index contributed by atoms with van der Waals surface area (Å²) in [6, 6.07) is -4.01. The Labute approximate surface area is 497 Å². The monoisotopic (exact) mass is 1250 g/mol. The van der Waals surface area contributed by atoms with E-state index in [1.807, 2.05) is 21.3 Å². The molecule has 484 valence electrons. The number of aliphatic hydroxyl groups excluding tert-OH is 1. The van der Waals surface area contributed by atoms with Gasteiger partial charge in [-0.2, -0.15) is 0 Å². The zero-order valence-electron chi connectivity index (χ0n) is 46.8. The van der Waals surface area contributed by atoms with E-state index in [0.717, 1.165) is 11.1 Å². The van der Waals surface area contributed by atoms with Gasteiger partial charge in [0.05, 0.1) is 25.6 Å². The molecule has 0 spiro atoms. The largest absolute Gasteiger partial charge is 0.489 e. The van der Waals surface area contributed by atoms with Crippen LogP contribution in [0.3, 0.4) is 0 Å². The summed E-state index contributed by atoms with van der Waals surface area (Å²) in [5, 5.41) is 102. The van der Waals surface area contributed by atoms with Gasteiger partial charge in [0.25, 0.3) is 0 Å². The van der Waals surface area contributed by atoms with Crippen LogP contribution in [-0.4, -0.2) is 196 Å². The lowest BCUT2D eigenvalue weighted by molar-refractivity contribution is -0.146. The van der Waals surface area contributed by atoms with Gasteiger partial charge >= 0.3 is 47.8 Å². The van der Waals surface area contributed by atoms with Crippen LogP contribution in [0.25, 0.3) is 0 Å². The number of carboxylic acid groups (broad SMARTS) is 8. The van der Waals surface area contributed by atoms with E-state index in [-0.39, 0.29) is 32.5 Å². The van der Waals surface area contributed by atoms with Crippen LogP contribution in [-0.2, 0) is 96.3 Å².